The highest BCUT2D eigenvalue weighted by atomic mass is 16.7. The third kappa shape index (κ3) is 4.46. The summed E-state index contributed by atoms with van der Waals surface area (Å²) in [5.74, 6) is 14.6. The van der Waals surface area contributed by atoms with Crippen molar-refractivity contribution in [3.63, 3.8) is 0 Å². The monoisotopic (exact) mass is 656 g/mol. The van der Waals surface area contributed by atoms with Crippen LogP contribution >= 0.6 is 0 Å². The van der Waals surface area contributed by atoms with Crippen LogP contribution in [0.15, 0.2) is 120 Å². The van der Waals surface area contributed by atoms with E-state index in [0.29, 0.717) is 0 Å². The molecular formula is C44H42B2O4. The number of hydrogen-bond donors (Lipinski definition) is 0. The minimum absolute atomic E-state index is 0.595. The lowest BCUT2D eigenvalue weighted by atomic mass is 9.31. The molecule has 2 heterocycles. The molecule has 0 amide bonds. The molecule has 0 atom stereocenters. The third-order valence-corrected chi connectivity index (χ3v) is 12.0. The van der Waals surface area contributed by atoms with Crippen LogP contribution in [-0.2, 0) is 29.2 Å². The molecule has 0 unspecified atom stereocenters. The van der Waals surface area contributed by atoms with Crippen molar-refractivity contribution in [2.45, 2.75) is 88.4 Å². The second-order valence-electron chi connectivity index (χ2n) is 15.9. The van der Waals surface area contributed by atoms with Crippen LogP contribution in [0, 0.1) is 23.7 Å². The molecular weight excluding hydrogens is 614 g/mol. The van der Waals surface area contributed by atoms with E-state index in [2.05, 4.69) is 128 Å². The van der Waals surface area contributed by atoms with E-state index >= 15 is 0 Å². The van der Waals surface area contributed by atoms with Crippen molar-refractivity contribution in [1.29, 1.82) is 0 Å². The van der Waals surface area contributed by atoms with Crippen LogP contribution in [-0.4, -0.2) is 36.6 Å². The second-order valence-corrected chi connectivity index (χ2v) is 15.9. The van der Waals surface area contributed by atoms with Gasteiger partial charge < -0.3 is 18.6 Å². The van der Waals surface area contributed by atoms with Gasteiger partial charge in [-0.25, -0.2) is 0 Å². The Bertz CT molecular complexity index is 1930. The largest absolute Gasteiger partial charge is 0.479 e. The predicted molar refractivity (Wildman–Crippen MR) is 200 cm³/mol. The van der Waals surface area contributed by atoms with Gasteiger partial charge in [-0.3, -0.25) is 0 Å². The molecule has 0 aromatic heterocycles. The molecule has 2 saturated heterocycles. The third-order valence-electron chi connectivity index (χ3n) is 12.0. The van der Waals surface area contributed by atoms with Crippen LogP contribution in [0.1, 0.15) is 88.8 Å². The number of hydrogen-bond acceptors (Lipinski definition) is 4. The van der Waals surface area contributed by atoms with Crippen molar-refractivity contribution in [2.24, 2.45) is 0 Å². The van der Waals surface area contributed by atoms with E-state index in [0.717, 1.165) is 44.5 Å². The van der Waals surface area contributed by atoms with Gasteiger partial charge in [0.2, 0.25) is 0 Å². The van der Waals surface area contributed by atoms with Gasteiger partial charge in [-0.1, -0.05) is 109 Å². The van der Waals surface area contributed by atoms with E-state index in [9.17, 15) is 0 Å². The van der Waals surface area contributed by atoms with Crippen molar-refractivity contribution >= 4 is 14.2 Å². The number of rotatable bonds is 2. The fourth-order valence-corrected chi connectivity index (χ4v) is 7.98. The average Bonchev–Trinajstić information content (AvgIpc) is 3.46. The topological polar surface area (TPSA) is 36.9 Å². The molecule has 0 radical (unpaired) electrons. The molecule has 50 heavy (non-hydrogen) atoms. The normalized spacial score (nSPS) is 26.0. The number of benzene rings is 4. The maximum absolute atomic E-state index is 7.12. The molecule has 2 bridgehead atoms. The zero-order valence-electron chi connectivity index (χ0n) is 30.2. The molecule has 2 fully saturated rings. The first-order valence-corrected chi connectivity index (χ1v) is 17.6. The fourth-order valence-electron chi connectivity index (χ4n) is 7.98. The molecule has 2 aliphatic heterocycles. The molecule has 6 heteroatoms. The van der Waals surface area contributed by atoms with E-state index in [1.165, 1.54) is 0 Å². The first-order valence-electron chi connectivity index (χ1n) is 17.6. The number of allylic oxidation sites excluding steroid dienone is 2. The Kier molecular flexibility index (Phi) is 7.30. The van der Waals surface area contributed by atoms with E-state index < -0.39 is 47.3 Å². The highest BCUT2D eigenvalue weighted by Crippen LogP contribution is 2.66. The van der Waals surface area contributed by atoms with Gasteiger partial charge in [0.05, 0.1) is 33.0 Å². The van der Waals surface area contributed by atoms with Crippen LogP contribution < -0.4 is 0 Å². The Morgan fingerprint density at radius 1 is 0.360 bits per heavy atom. The molecule has 4 aromatic rings. The molecule has 3 aliphatic carbocycles. The van der Waals surface area contributed by atoms with Crippen LogP contribution in [0.5, 0.6) is 0 Å². The van der Waals surface area contributed by atoms with E-state index in [1.54, 1.807) is 0 Å². The lowest BCUT2D eigenvalue weighted by molar-refractivity contribution is 0.00578. The lowest BCUT2D eigenvalue weighted by Crippen LogP contribution is -2.63. The van der Waals surface area contributed by atoms with Gasteiger partial charge in [0, 0.05) is 22.3 Å². The summed E-state index contributed by atoms with van der Waals surface area (Å²) in [5.41, 5.74) is 5.38. The first kappa shape index (κ1) is 32.9. The van der Waals surface area contributed by atoms with Crippen LogP contribution in [0.3, 0.4) is 0 Å². The van der Waals surface area contributed by atoms with E-state index in [-0.39, 0.29) is 0 Å². The van der Waals surface area contributed by atoms with Crippen molar-refractivity contribution in [2.75, 3.05) is 0 Å². The Morgan fingerprint density at radius 2 is 0.620 bits per heavy atom. The van der Waals surface area contributed by atoms with E-state index in [4.69, 9.17) is 18.6 Å². The van der Waals surface area contributed by atoms with E-state index in [1.807, 2.05) is 60.7 Å². The van der Waals surface area contributed by atoms with Gasteiger partial charge in [-0.15, -0.1) is 0 Å². The van der Waals surface area contributed by atoms with Crippen molar-refractivity contribution in [3.05, 3.63) is 154 Å². The quantitative estimate of drug-likeness (QED) is 0.161. The molecule has 0 N–H and O–H groups in total. The summed E-state index contributed by atoms with van der Waals surface area (Å²) in [6.07, 6.45) is 0. The minimum Gasteiger partial charge on any atom is -0.402 e. The molecule has 0 saturated carbocycles. The summed E-state index contributed by atoms with van der Waals surface area (Å²) >= 11 is 0. The molecule has 5 aliphatic rings. The smallest absolute Gasteiger partial charge is 0.402 e. The summed E-state index contributed by atoms with van der Waals surface area (Å²) in [4.78, 5) is 0. The van der Waals surface area contributed by atoms with Gasteiger partial charge >= 0.3 is 14.2 Å². The molecule has 248 valence electrons. The summed E-state index contributed by atoms with van der Waals surface area (Å²) in [6.45, 7) is 16.9. The second kappa shape index (κ2) is 11.1. The van der Waals surface area contributed by atoms with Crippen molar-refractivity contribution in [1.82, 2.24) is 0 Å². The standard InChI is InChI=1S/C44H42B2O4/c1-39(2)40(3,4)48-45(47-39)43-33-23-15-17-25-35(33)44(36-26-18-16-24-34(36)43,46-49-41(5,6)42(7,8)50-46)38(30-28-32-21-13-10-14-22-32)37(43)29-27-31-19-11-9-12-20-31/h9-26H,1-8H3. The van der Waals surface area contributed by atoms with Crippen LogP contribution in [0.25, 0.3) is 0 Å². The fraction of sp³-hybridized carbons (Fsp3) is 0.318. The highest BCUT2D eigenvalue weighted by molar-refractivity contribution is 6.57. The zero-order valence-corrected chi connectivity index (χ0v) is 30.2. The van der Waals surface area contributed by atoms with Crippen LogP contribution in [0.4, 0.5) is 0 Å². The van der Waals surface area contributed by atoms with Crippen molar-refractivity contribution in [3.8, 4) is 23.7 Å². The zero-order chi connectivity index (χ0) is 35.2. The van der Waals surface area contributed by atoms with Crippen LogP contribution in [0.2, 0.25) is 0 Å². The summed E-state index contributed by atoms with van der Waals surface area (Å²) in [5, 5.41) is -1.90. The molecule has 4 nitrogen and oxygen atoms in total. The van der Waals surface area contributed by atoms with Crippen molar-refractivity contribution < 1.29 is 18.6 Å². The maximum atomic E-state index is 7.12. The summed E-state index contributed by atoms with van der Waals surface area (Å²) < 4.78 is 28.5. The SMILES string of the molecule is CC1(C)OB(C23C(C#Cc4ccccc4)=C(C#Cc4ccccc4)C(B4OC(C)(C)C(C)(C)O4)(c4ccccc42)c2ccccc23)OC1(C)C. The van der Waals surface area contributed by atoms with Gasteiger partial charge in [-0.05, 0) is 102 Å². The Hall–Kier alpha value is -4.29. The summed E-state index contributed by atoms with van der Waals surface area (Å²) in [7, 11) is -1.42. The predicted octanol–water partition coefficient (Wildman–Crippen LogP) is 8.25. The maximum Gasteiger partial charge on any atom is 0.479 e. The lowest BCUT2D eigenvalue weighted by Gasteiger charge is -2.55. The average molecular weight is 656 g/mol. The van der Waals surface area contributed by atoms with Gasteiger partial charge in [0.1, 0.15) is 0 Å². The Balaban J connectivity index is 1.55. The Labute approximate surface area is 297 Å². The highest BCUT2D eigenvalue weighted by Gasteiger charge is 2.74. The van der Waals surface area contributed by atoms with Gasteiger partial charge in [0.15, 0.2) is 0 Å². The summed E-state index contributed by atoms with van der Waals surface area (Å²) in [6, 6.07) is 37.5. The molecule has 9 rings (SSSR count). The molecule has 4 aromatic carbocycles. The van der Waals surface area contributed by atoms with Gasteiger partial charge in [0.25, 0.3) is 0 Å². The first-order chi connectivity index (χ1) is 23.8. The Morgan fingerprint density at radius 3 is 0.900 bits per heavy atom. The van der Waals surface area contributed by atoms with Gasteiger partial charge in [-0.2, -0.15) is 0 Å². The molecule has 0 spiro atoms. The minimum atomic E-state index is -0.952.